The fourth-order valence-corrected chi connectivity index (χ4v) is 4.86. The van der Waals surface area contributed by atoms with Crippen molar-refractivity contribution >= 4 is 28.9 Å². The van der Waals surface area contributed by atoms with Gasteiger partial charge in [-0.3, -0.25) is 9.59 Å². The Bertz CT molecular complexity index is 1050. The minimum atomic E-state index is -0.687. The first-order chi connectivity index (χ1) is 15.4. The summed E-state index contributed by atoms with van der Waals surface area (Å²) in [5.74, 6) is 0.00442. The van der Waals surface area contributed by atoms with E-state index in [1.807, 2.05) is 45.0 Å². The number of hydrogen-bond acceptors (Lipinski definition) is 5. The van der Waals surface area contributed by atoms with Crippen LogP contribution in [0.3, 0.4) is 0 Å². The predicted molar refractivity (Wildman–Crippen MR) is 124 cm³/mol. The maximum Gasteiger partial charge on any atom is 0.408 e. The van der Waals surface area contributed by atoms with Crippen LogP contribution in [0.25, 0.3) is 11.0 Å². The summed E-state index contributed by atoms with van der Waals surface area (Å²) >= 11 is 0. The van der Waals surface area contributed by atoms with Gasteiger partial charge in [-0.2, -0.15) is 0 Å². The lowest BCUT2D eigenvalue weighted by atomic mass is 9.73. The quantitative estimate of drug-likeness (QED) is 0.724. The molecule has 0 bridgehead atoms. The van der Waals surface area contributed by atoms with Gasteiger partial charge in [0.25, 0.3) is 5.91 Å². The van der Waals surface area contributed by atoms with Gasteiger partial charge in [0.1, 0.15) is 11.6 Å². The van der Waals surface area contributed by atoms with E-state index in [9.17, 15) is 14.4 Å². The van der Waals surface area contributed by atoms with Crippen molar-refractivity contribution in [1.29, 1.82) is 0 Å². The number of hydrogen-bond donors (Lipinski definition) is 2. The van der Waals surface area contributed by atoms with E-state index in [0.717, 1.165) is 11.0 Å². The summed E-state index contributed by atoms with van der Waals surface area (Å²) in [5, 5.41) is 2.79. The summed E-state index contributed by atoms with van der Waals surface area (Å²) in [6.45, 7) is 12.0. The number of rotatable bonds is 2. The van der Waals surface area contributed by atoms with Gasteiger partial charge in [-0.25, -0.2) is 9.78 Å². The SMILES string of the molecule is C[C@@H]1CN2C(=O)[C@@H](NC(=O)OC(C)(C)C)C(C)(C)C[C@@H]2CN1C(=O)c1nc2ccccc2[nH]1. The number of piperidine rings is 1. The Kier molecular flexibility index (Phi) is 5.62. The van der Waals surface area contributed by atoms with Gasteiger partial charge in [0.2, 0.25) is 5.91 Å². The Morgan fingerprint density at radius 2 is 1.91 bits per heavy atom. The summed E-state index contributed by atoms with van der Waals surface area (Å²) in [5.41, 5.74) is 0.421. The van der Waals surface area contributed by atoms with Gasteiger partial charge in [0.05, 0.1) is 17.1 Å². The number of nitrogens with one attached hydrogen (secondary N) is 2. The third kappa shape index (κ3) is 4.54. The lowest BCUT2D eigenvalue weighted by Gasteiger charge is -2.53. The Morgan fingerprint density at radius 3 is 2.58 bits per heavy atom. The fraction of sp³-hybridized carbons (Fsp3) is 0.583. The molecule has 2 aliphatic heterocycles. The molecule has 0 saturated carbocycles. The summed E-state index contributed by atoms with van der Waals surface area (Å²) in [6.07, 6.45) is 0.0506. The number of amides is 3. The molecule has 0 spiro atoms. The molecule has 9 nitrogen and oxygen atoms in total. The summed E-state index contributed by atoms with van der Waals surface area (Å²) in [4.78, 5) is 50.3. The highest BCUT2D eigenvalue weighted by molar-refractivity contribution is 5.95. The zero-order valence-corrected chi connectivity index (χ0v) is 20.1. The van der Waals surface area contributed by atoms with Gasteiger partial charge in [-0.1, -0.05) is 26.0 Å². The second-order valence-corrected chi connectivity index (χ2v) is 10.8. The number of aromatic nitrogens is 2. The molecule has 2 fully saturated rings. The number of nitrogens with zero attached hydrogens (tertiary/aromatic N) is 3. The molecule has 2 saturated heterocycles. The van der Waals surface area contributed by atoms with Crippen LogP contribution in [0.4, 0.5) is 4.79 Å². The van der Waals surface area contributed by atoms with E-state index in [-0.39, 0.29) is 23.9 Å². The van der Waals surface area contributed by atoms with Gasteiger partial charge in [0, 0.05) is 19.1 Å². The van der Waals surface area contributed by atoms with Gasteiger partial charge in [0.15, 0.2) is 5.82 Å². The average Bonchev–Trinajstić information content (AvgIpc) is 3.14. The first-order valence-electron chi connectivity index (χ1n) is 11.4. The molecule has 2 aromatic rings. The number of para-hydroxylation sites is 2. The predicted octanol–water partition coefficient (Wildman–Crippen LogP) is 2.93. The molecule has 0 aliphatic carbocycles. The number of benzene rings is 1. The number of aromatic amines is 1. The molecule has 3 atom stereocenters. The van der Waals surface area contributed by atoms with Crippen LogP contribution >= 0.6 is 0 Å². The maximum absolute atomic E-state index is 13.4. The van der Waals surface area contributed by atoms with Crippen LogP contribution in [0.2, 0.25) is 0 Å². The highest BCUT2D eigenvalue weighted by atomic mass is 16.6. The molecule has 2 N–H and O–H groups in total. The number of alkyl carbamates (subject to hydrolysis) is 1. The molecule has 3 amide bonds. The smallest absolute Gasteiger partial charge is 0.408 e. The van der Waals surface area contributed by atoms with E-state index < -0.39 is 23.2 Å². The van der Waals surface area contributed by atoms with Crippen LogP contribution in [0.15, 0.2) is 24.3 Å². The van der Waals surface area contributed by atoms with Crippen LogP contribution < -0.4 is 5.32 Å². The summed E-state index contributed by atoms with van der Waals surface area (Å²) in [7, 11) is 0. The lowest BCUT2D eigenvalue weighted by Crippen LogP contribution is -2.70. The molecule has 33 heavy (non-hydrogen) atoms. The molecule has 4 rings (SSSR count). The zero-order chi connectivity index (χ0) is 24.1. The number of ether oxygens (including phenoxy) is 1. The van der Waals surface area contributed by atoms with Crippen LogP contribution in [0.5, 0.6) is 0 Å². The first-order valence-corrected chi connectivity index (χ1v) is 11.4. The van der Waals surface area contributed by atoms with Crippen molar-refractivity contribution in [2.45, 2.75) is 71.7 Å². The van der Waals surface area contributed by atoms with Crippen molar-refractivity contribution in [3.63, 3.8) is 0 Å². The van der Waals surface area contributed by atoms with E-state index in [1.54, 1.807) is 30.6 Å². The third-order valence-corrected chi connectivity index (χ3v) is 6.43. The fourth-order valence-electron chi connectivity index (χ4n) is 4.86. The van der Waals surface area contributed by atoms with Crippen molar-refractivity contribution in [2.75, 3.05) is 13.1 Å². The Morgan fingerprint density at radius 1 is 1.21 bits per heavy atom. The van der Waals surface area contributed by atoms with E-state index in [2.05, 4.69) is 15.3 Å². The molecule has 1 aromatic carbocycles. The van der Waals surface area contributed by atoms with Crippen LogP contribution in [-0.2, 0) is 9.53 Å². The number of imidazole rings is 1. The Labute approximate surface area is 193 Å². The van der Waals surface area contributed by atoms with E-state index in [1.165, 1.54) is 0 Å². The normalized spacial score (nSPS) is 25.0. The average molecular weight is 456 g/mol. The van der Waals surface area contributed by atoms with Crippen molar-refractivity contribution in [1.82, 2.24) is 25.1 Å². The van der Waals surface area contributed by atoms with E-state index >= 15 is 0 Å². The molecule has 2 aliphatic rings. The monoisotopic (exact) mass is 455 g/mol. The third-order valence-electron chi connectivity index (χ3n) is 6.43. The Balaban J connectivity index is 1.51. The van der Waals surface area contributed by atoms with Gasteiger partial charge < -0.3 is 24.8 Å². The molecular weight excluding hydrogens is 422 g/mol. The minimum Gasteiger partial charge on any atom is -0.444 e. The van der Waals surface area contributed by atoms with E-state index in [0.29, 0.717) is 25.3 Å². The summed E-state index contributed by atoms with van der Waals surface area (Å²) in [6, 6.07) is 6.53. The highest BCUT2D eigenvalue weighted by Gasteiger charge is 2.51. The van der Waals surface area contributed by atoms with Crippen LogP contribution in [-0.4, -0.2) is 74.5 Å². The number of carbonyl (C=O) groups is 3. The standard InChI is InChI=1S/C24H33N5O4/c1-14-12-29-15(11-24(5,6)18(20(29)30)27-22(32)33-23(2,3)4)13-28(14)21(31)19-25-16-9-7-8-10-17(16)26-19/h7-10,14-15,18H,11-13H2,1-6H3,(H,25,26)(H,27,32)/t14-,15-,18-/m1/s1. The van der Waals surface area contributed by atoms with E-state index in [4.69, 9.17) is 4.74 Å². The van der Waals surface area contributed by atoms with Crippen LogP contribution in [0, 0.1) is 5.41 Å². The number of fused-ring (bicyclic) bond motifs is 2. The number of piperazine rings is 1. The second-order valence-electron chi connectivity index (χ2n) is 10.8. The minimum absolute atomic E-state index is 0.131. The molecular formula is C24H33N5O4. The summed E-state index contributed by atoms with van der Waals surface area (Å²) < 4.78 is 5.38. The maximum atomic E-state index is 13.4. The van der Waals surface area contributed by atoms with Gasteiger partial charge >= 0.3 is 6.09 Å². The largest absolute Gasteiger partial charge is 0.444 e. The molecule has 0 radical (unpaired) electrons. The van der Waals surface area contributed by atoms with Crippen molar-refractivity contribution in [3.05, 3.63) is 30.1 Å². The topological polar surface area (TPSA) is 108 Å². The number of H-pyrrole nitrogens is 1. The van der Waals surface area contributed by atoms with Gasteiger partial charge in [-0.05, 0) is 51.7 Å². The Hall–Kier alpha value is -3.10. The highest BCUT2D eigenvalue weighted by Crippen LogP contribution is 2.38. The lowest BCUT2D eigenvalue weighted by molar-refractivity contribution is -0.150. The first kappa shape index (κ1) is 23.1. The van der Waals surface area contributed by atoms with Crippen LogP contribution in [0.1, 0.15) is 58.6 Å². The zero-order valence-electron chi connectivity index (χ0n) is 20.1. The van der Waals surface area contributed by atoms with Crippen molar-refractivity contribution in [3.8, 4) is 0 Å². The molecule has 9 heteroatoms. The van der Waals surface area contributed by atoms with Crippen molar-refractivity contribution < 1.29 is 19.1 Å². The van der Waals surface area contributed by atoms with Gasteiger partial charge in [-0.15, -0.1) is 0 Å². The molecule has 3 heterocycles. The number of carbonyl (C=O) groups excluding carboxylic acids is 3. The van der Waals surface area contributed by atoms with Crippen molar-refractivity contribution in [2.24, 2.45) is 5.41 Å². The second kappa shape index (κ2) is 8.04. The molecule has 1 aromatic heterocycles. The molecule has 178 valence electrons. The molecule has 0 unspecified atom stereocenters.